The molecule has 7 nitrogen and oxygen atoms in total. The fourth-order valence-corrected chi connectivity index (χ4v) is 3.39. The van der Waals surface area contributed by atoms with Gasteiger partial charge in [0.25, 0.3) is 0 Å². The Labute approximate surface area is 161 Å². The second-order valence-electron chi connectivity index (χ2n) is 6.09. The summed E-state index contributed by atoms with van der Waals surface area (Å²) >= 11 is 7.11. The van der Waals surface area contributed by atoms with Crippen LogP contribution in [0.2, 0.25) is 5.02 Å². The minimum Gasteiger partial charge on any atom is -0.340 e. The molecule has 1 aromatic carbocycles. The van der Waals surface area contributed by atoms with Crippen LogP contribution in [0, 0.1) is 0 Å². The van der Waals surface area contributed by atoms with E-state index in [0.717, 1.165) is 26.2 Å². The van der Waals surface area contributed by atoms with E-state index in [1.54, 1.807) is 29.6 Å². The molecule has 2 heterocycles. The maximum absolute atomic E-state index is 12.3. The first-order valence-electron chi connectivity index (χ1n) is 8.24. The van der Waals surface area contributed by atoms with Gasteiger partial charge in [-0.2, -0.15) is 0 Å². The number of hydrogen-bond donors (Lipinski definition) is 2. The Morgan fingerprint density at radius 3 is 2.54 bits per heavy atom. The van der Waals surface area contributed by atoms with Gasteiger partial charge in [0.05, 0.1) is 12.1 Å². The normalized spacial score (nSPS) is 14.9. The fourth-order valence-electron chi connectivity index (χ4n) is 2.56. The van der Waals surface area contributed by atoms with Crippen LogP contribution in [0.4, 0.5) is 15.6 Å². The lowest BCUT2D eigenvalue weighted by molar-refractivity contribution is -0.132. The molecule has 0 unspecified atom stereocenters. The number of likely N-dealkylation sites (N-methyl/N-ethyl adjacent to an activating group) is 1. The first kappa shape index (κ1) is 18.6. The first-order valence-corrected chi connectivity index (χ1v) is 9.49. The third-order valence-electron chi connectivity index (χ3n) is 4.06. The molecule has 2 aromatic rings. The number of urea groups is 1. The van der Waals surface area contributed by atoms with E-state index in [2.05, 4.69) is 27.6 Å². The van der Waals surface area contributed by atoms with Crippen LogP contribution in [0.5, 0.6) is 0 Å². The van der Waals surface area contributed by atoms with Crippen LogP contribution in [0.15, 0.2) is 29.6 Å². The Morgan fingerprint density at radius 1 is 1.15 bits per heavy atom. The van der Waals surface area contributed by atoms with Crippen molar-refractivity contribution in [3.8, 4) is 0 Å². The van der Waals surface area contributed by atoms with E-state index in [0.29, 0.717) is 21.5 Å². The third-order valence-corrected chi connectivity index (χ3v) is 5.12. The molecule has 3 rings (SSSR count). The minimum atomic E-state index is -0.390. The summed E-state index contributed by atoms with van der Waals surface area (Å²) in [4.78, 5) is 32.7. The average Bonchev–Trinajstić information content (AvgIpc) is 3.04. The zero-order valence-electron chi connectivity index (χ0n) is 14.4. The summed E-state index contributed by atoms with van der Waals surface area (Å²) < 4.78 is 0. The summed E-state index contributed by atoms with van der Waals surface area (Å²) in [5.74, 6) is 0.0700. The number of thiazole rings is 1. The molecule has 0 spiro atoms. The Bertz CT molecular complexity index is 772. The van der Waals surface area contributed by atoms with Gasteiger partial charge in [-0.25, -0.2) is 9.78 Å². The molecular formula is C17H20ClN5O2S. The van der Waals surface area contributed by atoms with E-state index in [1.807, 2.05) is 4.90 Å². The molecule has 2 N–H and O–H groups in total. The number of aromatic nitrogens is 1. The van der Waals surface area contributed by atoms with Gasteiger partial charge in [0.2, 0.25) is 5.91 Å². The van der Waals surface area contributed by atoms with Crippen molar-refractivity contribution in [2.24, 2.45) is 0 Å². The molecule has 0 saturated carbocycles. The number of benzene rings is 1. The van der Waals surface area contributed by atoms with Crippen LogP contribution < -0.4 is 10.6 Å². The second-order valence-corrected chi connectivity index (χ2v) is 7.39. The van der Waals surface area contributed by atoms with Gasteiger partial charge in [0.15, 0.2) is 5.13 Å². The van der Waals surface area contributed by atoms with Crippen molar-refractivity contribution in [1.82, 2.24) is 14.8 Å². The summed E-state index contributed by atoms with van der Waals surface area (Å²) in [5.41, 5.74) is 1.30. The van der Waals surface area contributed by atoms with Gasteiger partial charge in [-0.1, -0.05) is 11.6 Å². The largest absolute Gasteiger partial charge is 0.340 e. The number of hydrogen-bond acceptors (Lipinski definition) is 5. The highest BCUT2D eigenvalue weighted by atomic mass is 35.5. The average molecular weight is 394 g/mol. The van der Waals surface area contributed by atoms with Crippen LogP contribution in [-0.2, 0) is 11.2 Å². The van der Waals surface area contributed by atoms with E-state index in [4.69, 9.17) is 11.6 Å². The van der Waals surface area contributed by atoms with Crippen molar-refractivity contribution in [2.75, 3.05) is 43.9 Å². The number of piperazine rings is 1. The van der Waals surface area contributed by atoms with Gasteiger partial charge in [-0.05, 0) is 31.3 Å². The number of halogens is 1. The van der Waals surface area contributed by atoms with Crippen LogP contribution in [0.1, 0.15) is 5.69 Å². The second kappa shape index (κ2) is 8.48. The van der Waals surface area contributed by atoms with Crippen molar-refractivity contribution in [1.29, 1.82) is 0 Å². The van der Waals surface area contributed by atoms with Gasteiger partial charge < -0.3 is 15.1 Å². The van der Waals surface area contributed by atoms with Crippen molar-refractivity contribution in [3.63, 3.8) is 0 Å². The van der Waals surface area contributed by atoms with Crippen molar-refractivity contribution < 1.29 is 9.59 Å². The predicted octanol–water partition coefficient (Wildman–Crippen LogP) is 2.76. The predicted molar refractivity (Wildman–Crippen MR) is 104 cm³/mol. The van der Waals surface area contributed by atoms with Gasteiger partial charge in [-0.15, -0.1) is 11.3 Å². The number of nitrogens with one attached hydrogen (secondary N) is 2. The van der Waals surface area contributed by atoms with Gasteiger partial charge in [-0.3, -0.25) is 10.1 Å². The molecule has 1 saturated heterocycles. The number of amides is 3. The maximum Gasteiger partial charge on any atom is 0.325 e. The molecule has 9 heteroatoms. The summed E-state index contributed by atoms with van der Waals surface area (Å²) in [7, 11) is 2.05. The van der Waals surface area contributed by atoms with E-state index in [-0.39, 0.29) is 12.3 Å². The van der Waals surface area contributed by atoms with Gasteiger partial charge >= 0.3 is 6.03 Å². The van der Waals surface area contributed by atoms with Crippen molar-refractivity contribution >= 4 is 45.7 Å². The van der Waals surface area contributed by atoms with E-state index in [1.165, 1.54) is 11.3 Å². The van der Waals surface area contributed by atoms with Crippen molar-refractivity contribution in [2.45, 2.75) is 6.42 Å². The SMILES string of the molecule is CN1CCN(C(=O)Cc2csc(NC(=O)Nc3ccc(Cl)cc3)n2)CC1. The molecule has 1 aliphatic rings. The molecule has 26 heavy (non-hydrogen) atoms. The van der Waals surface area contributed by atoms with E-state index in [9.17, 15) is 9.59 Å². The smallest absolute Gasteiger partial charge is 0.325 e. The number of rotatable bonds is 4. The minimum absolute atomic E-state index is 0.0700. The summed E-state index contributed by atoms with van der Waals surface area (Å²) in [6, 6.07) is 6.43. The number of carbonyl (C=O) groups is 2. The first-order chi connectivity index (χ1) is 12.5. The zero-order valence-corrected chi connectivity index (χ0v) is 15.9. The Morgan fingerprint density at radius 2 is 1.85 bits per heavy atom. The standard InChI is InChI=1S/C17H20ClN5O2S/c1-22-6-8-23(9-7-22)15(24)10-14-11-26-17(20-14)21-16(25)19-13-4-2-12(18)3-5-13/h2-5,11H,6-10H2,1H3,(H2,19,20,21,25). The van der Waals surface area contributed by atoms with Crippen LogP contribution in [0.3, 0.4) is 0 Å². The van der Waals surface area contributed by atoms with Crippen molar-refractivity contribution in [3.05, 3.63) is 40.4 Å². The molecule has 0 atom stereocenters. The zero-order chi connectivity index (χ0) is 18.5. The number of nitrogens with zero attached hydrogens (tertiary/aromatic N) is 3. The van der Waals surface area contributed by atoms with Crippen LogP contribution in [0.25, 0.3) is 0 Å². The van der Waals surface area contributed by atoms with Gasteiger partial charge in [0, 0.05) is 42.3 Å². The molecule has 1 aromatic heterocycles. The highest BCUT2D eigenvalue weighted by Crippen LogP contribution is 2.18. The number of anilines is 2. The summed E-state index contributed by atoms with van der Waals surface area (Å²) in [6.07, 6.45) is 0.251. The number of carbonyl (C=O) groups excluding carboxylic acids is 2. The molecule has 0 aliphatic carbocycles. The molecule has 0 bridgehead atoms. The quantitative estimate of drug-likeness (QED) is 0.837. The maximum atomic E-state index is 12.3. The summed E-state index contributed by atoms with van der Waals surface area (Å²) in [5, 5.41) is 8.23. The fraction of sp³-hybridized carbons (Fsp3) is 0.353. The highest BCUT2D eigenvalue weighted by molar-refractivity contribution is 7.14. The summed E-state index contributed by atoms with van der Waals surface area (Å²) in [6.45, 7) is 3.27. The third kappa shape index (κ3) is 5.17. The lowest BCUT2D eigenvalue weighted by atomic mass is 10.2. The molecule has 1 fully saturated rings. The molecular weight excluding hydrogens is 374 g/mol. The lowest BCUT2D eigenvalue weighted by Gasteiger charge is -2.32. The highest BCUT2D eigenvalue weighted by Gasteiger charge is 2.20. The monoisotopic (exact) mass is 393 g/mol. The van der Waals surface area contributed by atoms with Crippen LogP contribution >= 0.6 is 22.9 Å². The molecule has 3 amide bonds. The van der Waals surface area contributed by atoms with E-state index >= 15 is 0 Å². The van der Waals surface area contributed by atoms with Crippen LogP contribution in [-0.4, -0.2) is 59.9 Å². The Hall–Kier alpha value is -2.16. The topological polar surface area (TPSA) is 77.6 Å². The van der Waals surface area contributed by atoms with E-state index < -0.39 is 6.03 Å². The molecule has 0 radical (unpaired) electrons. The molecule has 1 aliphatic heterocycles. The Balaban J connectivity index is 1.50. The Kier molecular flexibility index (Phi) is 6.08. The lowest BCUT2D eigenvalue weighted by Crippen LogP contribution is -2.47. The molecule has 138 valence electrons. The van der Waals surface area contributed by atoms with Gasteiger partial charge in [0.1, 0.15) is 0 Å².